The Morgan fingerprint density at radius 3 is 2.71 bits per heavy atom. The molecule has 0 unspecified atom stereocenters. The Morgan fingerprint density at radius 2 is 2.06 bits per heavy atom. The number of nitrogens with zero attached hydrogens (tertiary/aromatic N) is 3. The van der Waals surface area contributed by atoms with Crippen molar-refractivity contribution < 1.29 is 14.0 Å². The van der Waals surface area contributed by atoms with Crippen LogP contribution in [0.5, 0.6) is 0 Å². The summed E-state index contributed by atoms with van der Waals surface area (Å²) in [7, 11) is -2.02. The molecule has 2 aromatic rings. The minimum absolute atomic E-state index is 0.0274. The molecule has 2 aromatic heterocycles. The molecule has 1 aliphatic carbocycles. The number of nitrogens with two attached hydrogens (primary N) is 1. The highest BCUT2D eigenvalue weighted by Gasteiger charge is 2.44. The fourth-order valence-electron chi connectivity index (χ4n) is 4.09. The van der Waals surface area contributed by atoms with Crippen LogP contribution in [0.1, 0.15) is 65.8 Å². The number of hydrogen-bond donors (Lipinski definition) is 2. The third-order valence-corrected chi connectivity index (χ3v) is 11.8. The van der Waals surface area contributed by atoms with Crippen LogP contribution < -0.4 is 11.3 Å². The minimum atomic E-state index is -2.02. The highest BCUT2D eigenvalue weighted by molar-refractivity contribution is 6.74. The number of esters is 1. The molecule has 3 rings (SSSR count). The number of carbonyl (C=O) groups is 1. The summed E-state index contributed by atoms with van der Waals surface area (Å²) in [6, 6.07) is -0.236. The van der Waals surface area contributed by atoms with Crippen molar-refractivity contribution in [3.05, 3.63) is 28.8 Å². The lowest BCUT2D eigenvalue weighted by Crippen LogP contribution is -2.43. The zero-order valence-electron chi connectivity index (χ0n) is 21.3. The van der Waals surface area contributed by atoms with Crippen LogP contribution in [0.4, 0.5) is 5.95 Å². The predicted molar refractivity (Wildman–Crippen MR) is 136 cm³/mol. The monoisotopic (exact) mass is 489 g/mol. The van der Waals surface area contributed by atoms with Crippen molar-refractivity contribution in [1.82, 2.24) is 19.5 Å². The average molecular weight is 490 g/mol. The molecule has 0 aliphatic heterocycles. The number of anilines is 1. The average Bonchev–Trinajstić information content (AvgIpc) is 3.27. The molecule has 0 bridgehead atoms. The lowest BCUT2D eigenvalue weighted by molar-refractivity contribution is -0.151. The molecule has 0 aromatic carbocycles. The smallest absolute Gasteiger partial charge is 0.306 e. The van der Waals surface area contributed by atoms with Crippen LogP contribution >= 0.6 is 0 Å². The first-order valence-electron chi connectivity index (χ1n) is 12.1. The number of hydrogen-bond acceptors (Lipinski definition) is 7. The summed E-state index contributed by atoms with van der Waals surface area (Å²) in [5, 5.41) is 0.0572. The highest BCUT2D eigenvalue weighted by Crippen LogP contribution is 2.44. The molecule has 1 aliphatic rings. The molecule has 188 valence electrons. The fraction of sp³-hybridized carbons (Fsp3) is 0.667. The van der Waals surface area contributed by atoms with Gasteiger partial charge in [0, 0.05) is 25.4 Å². The largest absolute Gasteiger partial charge is 0.462 e. The van der Waals surface area contributed by atoms with E-state index in [1.54, 1.807) is 6.33 Å². The van der Waals surface area contributed by atoms with Crippen molar-refractivity contribution in [2.24, 2.45) is 5.92 Å². The van der Waals surface area contributed by atoms with Gasteiger partial charge in [0.05, 0.1) is 12.4 Å². The second kappa shape index (κ2) is 10.0. The Kier molecular flexibility index (Phi) is 7.71. The van der Waals surface area contributed by atoms with E-state index in [-0.39, 0.29) is 46.1 Å². The Bertz CT molecular complexity index is 1100. The first kappa shape index (κ1) is 26.1. The first-order chi connectivity index (χ1) is 15.9. The second-order valence-electron chi connectivity index (χ2n) is 10.8. The summed E-state index contributed by atoms with van der Waals surface area (Å²) in [4.78, 5) is 35.9. The van der Waals surface area contributed by atoms with E-state index in [1.165, 1.54) is 0 Å². The van der Waals surface area contributed by atoms with Crippen molar-refractivity contribution in [3.8, 4) is 0 Å². The molecule has 2 heterocycles. The van der Waals surface area contributed by atoms with E-state index in [1.807, 2.05) is 4.57 Å². The molecule has 3 atom stereocenters. The Labute approximate surface area is 202 Å². The number of carbonyl (C=O) groups excluding carboxylic acids is 1. The summed E-state index contributed by atoms with van der Waals surface area (Å²) in [6.45, 7) is 17.9. The van der Waals surface area contributed by atoms with Gasteiger partial charge in [-0.15, -0.1) is 0 Å². The SMILES string of the molecule is C=C1[C@H](CO[Si](C)(C)C(C)(C)C)[C@@H](OC(=O)CCCCC)C[C@@H]1n1cnc2c(=O)[nH]c(N)nc21. The maximum absolute atomic E-state index is 12.6. The molecular formula is C24H39N5O4Si. The fourth-order valence-corrected chi connectivity index (χ4v) is 5.12. The molecule has 10 heteroatoms. The molecule has 0 amide bonds. The zero-order chi connectivity index (χ0) is 25.3. The van der Waals surface area contributed by atoms with Gasteiger partial charge in [0.15, 0.2) is 19.5 Å². The molecular weight excluding hydrogens is 450 g/mol. The Balaban J connectivity index is 1.88. The lowest BCUT2D eigenvalue weighted by atomic mass is 10.0. The first-order valence-corrected chi connectivity index (χ1v) is 15.0. The van der Waals surface area contributed by atoms with E-state index >= 15 is 0 Å². The number of ether oxygens (including phenoxy) is 1. The minimum Gasteiger partial charge on any atom is -0.462 e. The molecule has 0 spiro atoms. The maximum Gasteiger partial charge on any atom is 0.306 e. The second-order valence-corrected chi connectivity index (χ2v) is 15.6. The Morgan fingerprint density at radius 1 is 1.35 bits per heavy atom. The van der Waals surface area contributed by atoms with Gasteiger partial charge in [-0.25, -0.2) is 4.98 Å². The van der Waals surface area contributed by atoms with Crippen LogP contribution in [-0.2, 0) is 14.0 Å². The number of aromatic amines is 1. The molecule has 1 fully saturated rings. The number of unbranched alkanes of at least 4 members (excludes halogenated alkanes) is 2. The quantitative estimate of drug-likeness (QED) is 0.232. The van der Waals surface area contributed by atoms with Crippen LogP contribution in [-0.4, -0.2) is 46.5 Å². The predicted octanol–water partition coefficient (Wildman–Crippen LogP) is 4.33. The summed E-state index contributed by atoms with van der Waals surface area (Å²) in [5.74, 6) is -0.329. The maximum atomic E-state index is 12.6. The molecule has 0 radical (unpaired) electrons. The van der Waals surface area contributed by atoms with Gasteiger partial charge in [-0.2, -0.15) is 4.98 Å². The lowest BCUT2D eigenvalue weighted by Gasteiger charge is -2.37. The van der Waals surface area contributed by atoms with E-state index in [9.17, 15) is 9.59 Å². The van der Waals surface area contributed by atoms with Gasteiger partial charge < -0.3 is 19.5 Å². The standard InChI is InChI=1S/C24H39N5O4Si/c1-8-9-10-11-19(30)33-18-12-17(15(2)16(18)13-32-34(6,7)24(3,4)5)29-14-26-20-21(29)27-23(25)28-22(20)31/h14,16-18H,2,8-13H2,1,3-7H3,(H3,25,27,28,31)/t16-,17-,18-/m0/s1. The molecule has 34 heavy (non-hydrogen) atoms. The third-order valence-electron chi connectivity index (χ3n) is 7.29. The molecule has 1 saturated carbocycles. The number of aromatic nitrogens is 4. The van der Waals surface area contributed by atoms with Crippen LogP contribution in [0.3, 0.4) is 0 Å². The van der Waals surface area contributed by atoms with Crippen molar-refractivity contribution in [1.29, 1.82) is 0 Å². The summed E-state index contributed by atoms with van der Waals surface area (Å²) in [6.07, 6.45) is 4.99. The Hall–Kier alpha value is -2.46. The van der Waals surface area contributed by atoms with Gasteiger partial charge in [-0.05, 0) is 30.1 Å². The highest BCUT2D eigenvalue weighted by atomic mass is 28.4. The topological polar surface area (TPSA) is 125 Å². The van der Waals surface area contributed by atoms with Crippen molar-refractivity contribution in [2.75, 3.05) is 12.3 Å². The van der Waals surface area contributed by atoms with Crippen molar-refractivity contribution >= 4 is 31.4 Å². The van der Waals surface area contributed by atoms with Gasteiger partial charge in [-0.1, -0.05) is 47.1 Å². The third kappa shape index (κ3) is 5.43. The van der Waals surface area contributed by atoms with Crippen molar-refractivity contribution in [2.45, 2.75) is 90.1 Å². The summed E-state index contributed by atoms with van der Waals surface area (Å²) >= 11 is 0. The van der Waals surface area contributed by atoms with E-state index in [4.69, 9.17) is 14.9 Å². The van der Waals surface area contributed by atoms with Crippen LogP contribution in [0.2, 0.25) is 18.1 Å². The summed E-state index contributed by atoms with van der Waals surface area (Å²) in [5.41, 5.74) is 6.89. The van der Waals surface area contributed by atoms with E-state index in [0.29, 0.717) is 25.1 Å². The molecule has 3 N–H and O–H groups in total. The van der Waals surface area contributed by atoms with Crippen LogP contribution in [0.25, 0.3) is 11.2 Å². The summed E-state index contributed by atoms with van der Waals surface area (Å²) < 4.78 is 14.3. The normalized spacial score (nSPS) is 21.4. The number of H-pyrrole nitrogens is 1. The van der Waals surface area contributed by atoms with Crippen LogP contribution in [0, 0.1) is 5.92 Å². The number of rotatable bonds is 9. The van der Waals surface area contributed by atoms with Crippen LogP contribution in [0.15, 0.2) is 23.3 Å². The van der Waals surface area contributed by atoms with Gasteiger partial charge in [-0.3, -0.25) is 14.6 Å². The van der Waals surface area contributed by atoms with E-state index < -0.39 is 8.32 Å². The van der Waals surface area contributed by atoms with Gasteiger partial charge in [0.25, 0.3) is 5.56 Å². The van der Waals surface area contributed by atoms with Gasteiger partial charge >= 0.3 is 5.97 Å². The van der Waals surface area contributed by atoms with Gasteiger partial charge in [0.1, 0.15) is 6.10 Å². The number of nitrogens with one attached hydrogen (secondary N) is 1. The van der Waals surface area contributed by atoms with Crippen molar-refractivity contribution in [3.63, 3.8) is 0 Å². The molecule has 9 nitrogen and oxygen atoms in total. The number of imidazole rings is 1. The van der Waals surface area contributed by atoms with E-state index in [2.05, 4.69) is 62.3 Å². The van der Waals surface area contributed by atoms with E-state index in [0.717, 1.165) is 24.8 Å². The number of nitrogen functional groups attached to an aromatic ring is 1. The molecule has 0 saturated heterocycles. The zero-order valence-corrected chi connectivity index (χ0v) is 22.3. The van der Waals surface area contributed by atoms with Gasteiger partial charge in [0.2, 0.25) is 5.95 Å². The number of fused-ring (bicyclic) bond motifs is 1.